The SMILES string of the molecule is B[C@@H]1O[C@H](COC)[C@@H](CN(C)OC[C@H]2O[C@@H](B)[C@H](OC)[C@@H]2OC)[C@H]1OC. The topological polar surface area (TPSA) is 67.9 Å². The number of nitrogens with zero attached hydrogens (tertiary/aromatic N) is 1. The summed E-state index contributed by atoms with van der Waals surface area (Å²) in [6, 6.07) is -0.00482. The van der Waals surface area contributed by atoms with E-state index in [2.05, 4.69) is 0 Å². The Labute approximate surface area is 158 Å². The second kappa shape index (κ2) is 10.4. The fourth-order valence-electron chi connectivity index (χ4n) is 4.13. The monoisotopic (exact) mass is 373 g/mol. The molecule has 2 rings (SSSR count). The van der Waals surface area contributed by atoms with Crippen molar-refractivity contribution in [3.8, 4) is 0 Å². The molecule has 0 aliphatic carbocycles. The van der Waals surface area contributed by atoms with Crippen LogP contribution in [0.15, 0.2) is 0 Å². The van der Waals surface area contributed by atoms with Gasteiger partial charge in [-0.1, -0.05) is 0 Å². The van der Waals surface area contributed by atoms with Crippen molar-refractivity contribution in [1.29, 1.82) is 0 Å². The first kappa shape index (κ1) is 22.1. The molecule has 8 nitrogen and oxygen atoms in total. The molecule has 26 heavy (non-hydrogen) atoms. The van der Waals surface area contributed by atoms with Crippen LogP contribution >= 0.6 is 0 Å². The van der Waals surface area contributed by atoms with Gasteiger partial charge in [0.05, 0.1) is 37.4 Å². The molecular weight excluding hydrogens is 340 g/mol. The van der Waals surface area contributed by atoms with Crippen molar-refractivity contribution in [1.82, 2.24) is 5.06 Å². The van der Waals surface area contributed by atoms with Crippen LogP contribution in [0.4, 0.5) is 0 Å². The van der Waals surface area contributed by atoms with Crippen LogP contribution in [0.3, 0.4) is 0 Å². The zero-order valence-corrected chi connectivity index (χ0v) is 17.0. The molecule has 0 aromatic rings. The molecule has 0 amide bonds. The van der Waals surface area contributed by atoms with Crippen molar-refractivity contribution in [3.05, 3.63) is 0 Å². The smallest absolute Gasteiger partial charge is 0.142 e. The summed E-state index contributed by atoms with van der Waals surface area (Å²) >= 11 is 0. The van der Waals surface area contributed by atoms with Crippen molar-refractivity contribution in [2.24, 2.45) is 5.92 Å². The standard InChI is InChI=1S/C16H33B2NO7/c1-19(6-9-10(7-20-2)25-15(17)12(9)21-3)24-8-11-13(22-4)14(23-5)16(18)26-11/h9-16H,6-8,17-18H2,1-5H3/t9-,10-,11-,12-,13-,14-,15-,16-/m1/s1. The van der Waals surface area contributed by atoms with E-state index >= 15 is 0 Å². The minimum atomic E-state index is -0.172. The van der Waals surface area contributed by atoms with Crippen LogP contribution < -0.4 is 0 Å². The highest BCUT2D eigenvalue weighted by molar-refractivity contribution is 6.12. The maximum absolute atomic E-state index is 5.98. The number of hydroxylamine groups is 2. The molecular formula is C16H33B2NO7. The third kappa shape index (κ3) is 4.99. The van der Waals surface area contributed by atoms with Crippen molar-refractivity contribution < 1.29 is 33.3 Å². The predicted octanol–water partition coefficient (Wildman–Crippen LogP) is -2.13. The summed E-state index contributed by atoms with van der Waals surface area (Å²) in [6.45, 7) is 1.60. The van der Waals surface area contributed by atoms with E-state index < -0.39 is 0 Å². The predicted molar refractivity (Wildman–Crippen MR) is 101 cm³/mol. The number of hydrogen-bond donors (Lipinski definition) is 0. The maximum atomic E-state index is 5.98. The number of ether oxygens (including phenoxy) is 6. The summed E-state index contributed by atoms with van der Waals surface area (Å²) in [7, 11) is 12.7. The Bertz CT molecular complexity index is 422. The van der Waals surface area contributed by atoms with Crippen molar-refractivity contribution >= 4 is 15.7 Å². The van der Waals surface area contributed by atoms with Crippen LogP contribution in [0.2, 0.25) is 0 Å². The fourth-order valence-corrected chi connectivity index (χ4v) is 4.13. The van der Waals surface area contributed by atoms with Gasteiger partial charge in [-0.05, 0) is 0 Å². The van der Waals surface area contributed by atoms with E-state index in [1.54, 1.807) is 28.4 Å². The summed E-state index contributed by atoms with van der Waals surface area (Å²) in [5.41, 5.74) is 0. The highest BCUT2D eigenvalue weighted by Crippen LogP contribution is 2.29. The summed E-state index contributed by atoms with van der Waals surface area (Å²) in [6.07, 6.45) is -0.417. The Balaban J connectivity index is 1.88. The number of methoxy groups -OCH3 is 4. The third-order valence-electron chi connectivity index (χ3n) is 5.37. The molecule has 2 fully saturated rings. The number of rotatable bonds is 10. The molecule has 0 bridgehead atoms. The van der Waals surface area contributed by atoms with E-state index in [-0.39, 0.29) is 48.4 Å². The van der Waals surface area contributed by atoms with Gasteiger partial charge in [0.25, 0.3) is 0 Å². The van der Waals surface area contributed by atoms with Gasteiger partial charge in [-0.3, -0.25) is 4.84 Å². The van der Waals surface area contributed by atoms with Gasteiger partial charge in [-0.25, -0.2) is 0 Å². The van der Waals surface area contributed by atoms with Crippen molar-refractivity contribution in [2.45, 2.75) is 42.5 Å². The first-order valence-corrected chi connectivity index (χ1v) is 9.19. The van der Waals surface area contributed by atoms with Gasteiger partial charge in [-0.2, -0.15) is 5.06 Å². The molecule has 0 N–H and O–H groups in total. The minimum absolute atomic E-state index is 0.00791. The Morgan fingerprint density at radius 3 is 1.96 bits per heavy atom. The van der Waals surface area contributed by atoms with E-state index in [1.807, 2.05) is 27.8 Å². The van der Waals surface area contributed by atoms with Gasteiger partial charge in [-0.15, -0.1) is 0 Å². The molecule has 10 heteroatoms. The highest BCUT2D eigenvalue weighted by atomic mass is 16.7. The van der Waals surface area contributed by atoms with E-state index in [1.165, 1.54) is 0 Å². The lowest BCUT2D eigenvalue weighted by atomic mass is 9.87. The van der Waals surface area contributed by atoms with Crippen molar-refractivity contribution in [2.75, 3.05) is 55.2 Å². The molecule has 2 heterocycles. The first-order valence-electron chi connectivity index (χ1n) is 9.19. The molecule has 2 aliphatic heterocycles. The van der Waals surface area contributed by atoms with Crippen molar-refractivity contribution in [3.63, 3.8) is 0 Å². The molecule has 0 radical (unpaired) electrons. The number of hydrogen-bond acceptors (Lipinski definition) is 8. The summed E-state index contributed by atoms with van der Waals surface area (Å²) in [4.78, 5) is 5.94. The average molecular weight is 373 g/mol. The van der Waals surface area contributed by atoms with E-state index in [0.29, 0.717) is 19.8 Å². The van der Waals surface area contributed by atoms with Crippen LogP contribution in [0.1, 0.15) is 0 Å². The Hall–Kier alpha value is -0.190. The lowest BCUT2D eigenvalue weighted by Crippen LogP contribution is -2.42. The van der Waals surface area contributed by atoms with Gasteiger partial charge in [0, 0.05) is 47.9 Å². The molecule has 2 saturated heterocycles. The molecule has 2 aliphatic rings. The van der Waals surface area contributed by atoms with E-state index in [0.717, 1.165) is 0 Å². The van der Waals surface area contributed by atoms with Crippen LogP contribution in [0.25, 0.3) is 0 Å². The van der Waals surface area contributed by atoms with E-state index in [9.17, 15) is 0 Å². The summed E-state index contributed by atoms with van der Waals surface area (Å²) in [5, 5.41) is 1.82. The largest absolute Gasteiger partial charge is 0.382 e. The molecule has 0 aromatic carbocycles. The van der Waals surface area contributed by atoms with Crippen LogP contribution in [-0.2, 0) is 33.3 Å². The summed E-state index contributed by atoms with van der Waals surface area (Å²) < 4.78 is 33.9. The highest BCUT2D eigenvalue weighted by Gasteiger charge is 2.44. The van der Waals surface area contributed by atoms with Gasteiger partial charge in [0.15, 0.2) is 0 Å². The average Bonchev–Trinajstić information content (AvgIpc) is 3.08. The zero-order chi connectivity index (χ0) is 19.3. The molecule has 0 unspecified atom stereocenters. The zero-order valence-electron chi connectivity index (χ0n) is 17.0. The lowest BCUT2D eigenvalue weighted by Gasteiger charge is -2.28. The third-order valence-corrected chi connectivity index (χ3v) is 5.37. The van der Waals surface area contributed by atoms with Gasteiger partial charge in [0.2, 0.25) is 0 Å². The molecule has 8 atom stereocenters. The Kier molecular flexibility index (Phi) is 8.82. The molecule has 0 aromatic heterocycles. The second-order valence-corrected chi connectivity index (χ2v) is 7.09. The quantitative estimate of drug-likeness (QED) is 0.318. The minimum Gasteiger partial charge on any atom is -0.382 e. The van der Waals surface area contributed by atoms with Gasteiger partial charge < -0.3 is 28.4 Å². The molecule has 0 spiro atoms. The first-order chi connectivity index (χ1) is 12.5. The fraction of sp³-hybridized carbons (Fsp3) is 1.00. The van der Waals surface area contributed by atoms with Gasteiger partial charge >= 0.3 is 0 Å². The maximum Gasteiger partial charge on any atom is 0.142 e. The normalized spacial score (nSPS) is 40.5. The van der Waals surface area contributed by atoms with Crippen LogP contribution in [0.5, 0.6) is 0 Å². The molecule has 150 valence electrons. The second-order valence-electron chi connectivity index (χ2n) is 7.09. The summed E-state index contributed by atoms with van der Waals surface area (Å²) in [5.74, 6) is 0.160. The Morgan fingerprint density at radius 1 is 0.808 bits per heavy atom. The van der Waals surface area contributed by atoms with Gasteiger partial charge in [0.1, 0.15) is 34.0 Å². The molecule has 0 saturated carbocycles. The Morgan fingerprint density at radius 2 is 1.38 bits per heavy atom. The van der Waals surface area contributed by atoms with E-state index in [4.69, 9.17) is 33.3 Å². The lowest BCUT2D eigenvalue weighted by molar-refractivity contribution is -0.186. The van der Waals surface area contributed by atoms with Crippen LogP contribution in [-0.4, -0.2) is 119 Å². The van der Waals surface area contributed by atoms with Crippen LogP contribution in [0, 0.1) is 5.92 Å².